The third kappa shape index (κ3) is 4.21. The lowest BCUT2D eigenvalue weighted by Crippen LogP contribution is -2.67. The minimum Gasteiger partial charge on any atom is -0.503 e. The van der Waals surface area contributed by atoms with Crippen molar-refractivity contribution in [1.82, 2.24) is 10.3 Å². The van der Waals surface area contributed by atoms with E-state index in [2.05, 4.69) is 5.10 Å². The number of hydrogen-bond acceptors (Lipinski definition) is 7. The van der Waals surface area contributed by atoms with Crippen LogP contribution in [0.3, 0.4) is 0 Å². The topological polar surface area (TPSA) is 177 Å². The second-order valence-corrected chi connectivity index (χ2v) is 8.81. The zero-order valence-electron chi connectivity index (χ0n) is 15.5. The molecule has 5 N–H and O–H groups in total. The summed E-state index contributed by atoms with van der Waals surface area (Å²) < 4.78 is 19.6. The molecule has 1 heterocycles. The number of carbonyl (C=O) groups is 3. The predicted molar refractivity (Wildman–Crippen MR) is 107 cm³/mol. The van der Waals surface area contributed by atoms with Gasteiger partial charge in [-0.15, -0.1) is 0 Å². The molecule has 0 aliphatic carbocycles. The van der Waals surface area contributed by atoms with Crippen LogP contribution in [0.5, 0.6) is 11.5 Å². The van der Waals surface area contributed by atoms with E-state index in [0.717, 1.165) is 24.1 Å². The van der Waals surface area contributed by atoms with E-state index in [1.165, 1.54) is 0 Å². The van der Waals surface area contributed by atoms with Crippen molar-refractivity contribution in [3.05, 3.63) is 21.7 Å². The van der Waals surface area contributed by atoms with E-state index in [9.17, 15) is 38.5 Å². The molecule has 11 nitrogen and oxygen atoms in total. The number of benzene rings is 1. The van der Waals surface area contributed by atoms with Crippen LogP contribution < -0.4 is 5.43 Å². The number of likely N-dealkylation sites (tertiary alicyclic amines) is 1. The van der Waals surface area contributed by atoms with Crippen LogP contribution in [0.1, 0.15) is 30.6 Å². The van der Waals surface area contributed by atoms with Crippen LogP contribution in [0, 0.1) is 0 Å². The molecule has 0 aromatic heterocycles. The number of phenolic OH excluding ortho intramolecular Hbond substituents is 2. The normalized spacial score (nSPS) is 20.4. The highest BCUT2D eigenvalue weighted by Crippen LogP contribution is 2.41. The minimum absolute atomic E-state index is 0.0927. The molecular formula is C16H17Cl2N3O8S. The van der Waals surface area contributed by atoms with E-state index in [4.69, 9.17) is 23.2 Å². The summed E-state index contributed by atoms with van der Waals surface area (Å²) in [5, 5.41) is 31.4. The fraction of sp³-hybridized carbons (Fsp3) is 0.375. The van der Waals surface area contributed by atoms with Gasteiger partial charge in [-0.2, -0.15) is 5.10 Å². The van der Waals surface area contributed by atoms with Crippen molar-refractivity contribution in [3.8, 4) is 11.5 Å². The van der Waals surface area contributed by atoms with Crippen molar-refractivity contribution in [2.24, 2.45) is 5.10 Å². The predicted octanol–water partition coefficient (Wildman–Crippen LogP) is 1.17. The lowest BCUT2D eigenvalue weighted by Gasteiger charge is -2.46. The Morgan fingerprint density at radius 3 is 2.47 bits per heavy atom. The average Bonchev–Trinajstić information content (AvgIpc) is 2.66. The maximum atomic E-state index is 12.3. The molecule has 164 valence electrons. The van der Waals surface area contributed by atoms with Crippen molar-refractivity contribution < 1.29 is 38.5 Å². The van der Waals surface area contributed by atoms with Gasteiger partial charge in [0.2, 0.25) is 5.91 Å². The van der Waals surface area contributed by atoms with Gasteiger partial charge in [0, 0.05) is 18.7 Å². The molecule has 1 aliphatic heterocycles. The number of aliphatic carboxylic acids is 1. The Hall–Kier alpha value is -2.41. The Kier molecular flexibility index (Phi) is 6.97. The summed E-state index contributed by atoms with van der Waals surface area (Å²) in [5.41, 5.74) is 1.60. The van der Waals surface area contributed by atoms with Crippen LogP contribution in [0.2, 0.25) is 10.0 Å². The molecule has 2 rings (SSSR count). The third-order valence-corrected chi connectivity index (χ3v) is 6.31. The molecule has 1 aliphatic rings. The largest absolute Gasteiger partial charge is 0.503 e. The van der Waals surface area contributed by atoms with Crippen molar-refractivity contribution in [2.45, 2.75) is 37.1 Å². The maximum Gasteiger partial charge on any atom is 0.328 e. The highest BCUT2D eigenvalue weighted by Gasteiger charge is 2.53. The van der Waals surface area contributed by atoms with E-state index >= 15 is 0 Å². The average molecular weight is 482 g/mol. The summed E-state index contributed by atoms with van der Waals surface area (Å²) in [6.45, 7) is 2.67. The molecule has 14 heteroatoms. The molecule has 30 heavy (non-hydrogen) atoms. The van der Waals surface area contributed by atoms with E-state index in [1.807, 2.05) is 5.43 Å². The van der Waals surface area contributed by atoms with Gasteiger partial charge in [-0.1, -0.05) is 23.2 Å². The van der Waals surface area contributed by atoms with Gasteiger partial charge in [0.1, 0.15) is 4.75 Å². The number of nitrogens with zero attached hydrogens (tertiary/aromatic N) is 2. The number of hydrogen-bond donors (Lipinski definition) is 5. The fourth-order valence-electron chi connectivity index (χ4n) is 2.89. The van der Waals surface area contributed by atoms with Crippen molar-refractivity contribution in [2.75, 3.05) is 0 Å². The van der Waals surface area contributed by atoms with E-state index < -0.39 is 62.2 Å². The number of phenols is 2. The van der Waals surface area contributed by atoms with Crippen LogP contribution in [0.4, 0.5) is 0 Å². The number of hydrazone groups is 1. The minimum atomic E-state index is -2.81. The number of halogens is 2. The van der Waals surface area contributed by atoms with Gasteiger partial charge in [0.05, 0.1) is 15.6 Å². The second-order valence-electron chi connectivity index (χ2n) is 6.64. The number of carbonyl (C=O) groups excluding carboxylic acids is 2. The lowest BCUT2D eigenvalue weighted by atomic mass is 9.92. The Morgan fingerprint density at radius 1 is 1.40 bits per heavy atom. The molecule has 1 unspecified atom stereocenters. The van der Waals surface area contributed by atoms with E-state index in [0.29, 0.717) is 0 Å². The summed E-state index contributed by atoms with van der Waals surface area (Å²) >= 11 is 8.66. The summed E-state index contributed by atoms with van der Waals surface area (Å²) in [4.78, 5) is 36.8. The zero-order chi connectivity index (χ0) is 23.0. The number of nitrogens with one attached hydrogen (secondary N) is 1. The maximum absolute atomic E-state index is 12.3. The summed E-state index contributed by atoms with van der Waals surface area (Å²) in [7, 11) is 0. The van der Waals surface area contributed by atoms with Crippen LogP contribution in [-0.4, -0.2) is 69.8 Å². The highest BCUT2D eigenvalue weighted by atomic mass is 35.5. The summed E-state index contributed by atoms with van der Waals surface area (Å²) in [6, 6.07) is -1.24. The van der Waals surface area contributed by atoms with Crippen molar-refractivity contribution >= 4 is 58.3 Å². The monoisotopic (exact) mass is 481 g/mol. The van der Waals surface area contributed by atoms with Crippen LogP contribution in [0.15, 0.2) is 11.2 Å². The third-order valence-electron chi connectivity index (χ3n) is 4.56. The molecule has 0 radical (unpaired) electrons. The molecule has 1 saturated heterocycles. The smallest absolute Gasteiger partial charge is 0.328 e. The number of amides is 2. The van der Waals surface area contributed by atoms with Gasteiger partial charge in [-0.05, 0) is 19.9 Å². The Labute approximate surface area is 182 Å². The van der Waals surface area contributed by atoms with Gasteiger partial charge in [-0.3, -0.25) is 9.59 Å². The molecule has 0 spiro atoms. The summed E-state index contributed by atoms with van der Waals surface area (Å²) in [6.07, 6.45) is 0.823. The first-order valence-corrected chi connectivity index (χ1v) is 10.1. The van der Waals surface area contributed by atoms with Crippen LogP contribution >= 0.6 is 23.2 Å². The Morgan fingerprint density at radius 2 is 2.00 bits per heavy atom. The van der Waals surface area contributed by atoms with Crippen LogP contribution in [-0.2, 0) is 20.7 Å². The van der Waals surface area contributed by atoms with Gasteiger partial charge >= 0.3 is 5.97 Å². The summed E-state index contributed by atoms with van der Waals surface area (Å²) in [5.74, 6) is -4.63. The van der Waals surface area contributed by atoms with Gasteiger partial charge in [-0.25, -0.2) is 14.4 Å². The molecule has 0 saturated carbocycles. The second kappa shape index (κ2) is 8.76. The lowest BCUT2D eigenvalue weighted by molar-refractivity contribution is -0.161. The SMILES string of the molecule is C[C@@H]1CC(=O)N1[C@@H](C(=O)O)[C@](C)(/C=N/NC(=O)c1cc(Cl)c(O)c(O)c1Cl)S(=O)O. The van der Waals surface area contributed by atoms with Gasteiger partial charge in [0.25, 0.3) is 5.91 Å². The number of β-lactam (4-membered cyclic amide) rings is 1. The quantitative estimate of drug-likeness (QED) is 0.126. The standard InChI is InChI=1S/C16H17Cl2N3O8S/c1-6-3-9(22)21(6)13(15(26)27)16(2,30(28)29)5-19-20-14(25)7-4-8(17)11(23)12(24)10(7)18/h4-6,13,23-24H,3H2,1-2H3,(H,20,25)(H,26,27)(H,28,29)/b19-5+/t6-,13+,16+/m1/s1. The number of rotatable bonds is 7. The number of aromatic hydroxyl groups is 2. The molecule has 2 amide bonds. The molecule has 1 aromatic rings. The van der Waals surface area contributed by atoms with Gasteiger partial charge in [0.15, 0.2) is 28.6 Å². The molecular weight excluding hydrogens is 465 g/mol. The zero-order valence-corrected chi connectivity index (χ0v) is 17.8. The van der Waals surface area contributed by atoms with Crippen LogP contribution in [0.25, 0.3) is 0 Å². The van der Waals surface area contributed by atoms with Gasteiger partial charge < -0.3 is 24.8 Å². The van der Waals surface area contributed by atoms with Crippen molar-refractivity contribution in [3.63, 3.8) is 0 Å². The Balaban J connectivity index is 2.33. The highest BCUT2D eigenvalue weighted by molar-refractivity contribution is 7.81. The Bertz CT molecular complexity index is 972. The first kappa shape index (κ1) is 23.9. The fourth-order valence-corrected chi connectivity index (χ4v) is 3.86. The molecule has 0 bridgehead atoms. The van der Waals surface area contributed by atoms with E-state index in [1.54, 1.807) is 6.92 Å². The first-order chi connectivity index (χ1) is 13.8. The first-order valence-electron chi connectivity index (χ1n) is 8.22. The molecule has 1 aromatic carbocycles. The molecule has 4 atom stereocenters. The molecule has 1 fully saturated rings. The van der Waals surface area contributed by atoms with Crippen molar-refractivity contribution in [1.29, 1.82) is 0 Å². The van der Waals surface area contributed by atoms with E-state index in [-0.39, 0.29) is 17.0 Å². The number of carboxylic acid groups (broad SMARTS) is 1. The number of carboxylic acids is 1.